The van der Waals surface area contributed by atoms with Gasteiger partial charge in [0.15, 0.2) is 0 Å². The Morgan fingerprint density at radius 3 is 2.61 bits per heavy atom. The van der Waals surface area contributed by atoms with E-state index in [0.717, 1.165) is 19.3 Å². The Morgan fingerprint density at radius 1 is 1.13 bits per heavy atom. The molecule has 0 bridgehead atoms. The molecule has 38 heavy (non-hydrogen) atoms. The minimum absolute atomic E-state index is 0.0472. The summed E-state index contributed by atoms with van der Waals surface area (Å²) in [6.45, 7) is 2.94. The van der Waals surface area contributed by atoms with E-state index < -0.39 is 29.9 Å². The lowest BCUT2D eigenvalue weighted by Gasteiger charge is -2.17. The minimum atomic E-state index is -1.23. The van der Waals surface area contributed by atoms with E-state index in [1.807, 2.05) is 0 Å². The van der Waals surface area contributed by atoms with Crippen molar-refractivity contribution < 1.29 is 28.7 Å². The van der Waals surface area contributed by atoms with E-state index in [9.17, 15) is 19.2 Å². The van der Waals surface area contributed by atoms with Gasteiger partial charge in [0.1, 0.15) is 24.7 Å². The van der Waals surface area contributed by atoms with Crippen LogP contribution in [0.25, 0.3) is 10.4 Å². The number of hydrogen-bond donors (Lipinski definition) is 2. The quantitative estimate of drug-likeness (QED) is 0.0830. The average molecular weight is 528 g/mol. The van der Waals surface area contributed by atoms with Gasteiger partial charge >= 0.3 is 12.1 Å². The molecule has 0 spiro atoms. The van der Waals surface area contributed by atoms with Gasteiger partial charge in [-0.05, 0) is 42.5 Å². The summed E-state index contributed by atoms with van der Waals surface area (Å²) in [6.07, 6.45) is 7.35. The van der Waals surface area contributed by atoms with E-state index in [1.165, 1.54) is 35.4 Å². The molecule has 204 valence electrons. The molecule has 1 aromatic heterocycles. The molecule has 1 unspecified atom stereocenters. The molecule has 0 aliphatic carbocycles. The van der Waals surface area contributed by atoms with Crippen LogP contribution in [0.3, 0.4) is 0 Å². The van der Waals surface area contributed by atoms with Gasteiger partial charge in [0, 0.05) is 36.8 Å². The fourth-order valence-corrected chi connectivity index (χ4v) is 3.27. The largest absolute Gasteiger partial charge is 0.445 e. The number of nitrogens with zero attached hydrogens (tertiary/aromatic N) is 5. The first-order valence-corrected chi connectivity index (χ1v) is 12.5. The van der Waals surface area contributed by atoms with Crippen molar-refractivity contribution in [3.05, 3.63) is 59.0 Å². The van der Waals surface area contributed by atoms with E-state index in [-0.39, 0.29) is 31.7 Å². The number of imidazole rings is 1. The number of benzene rings is 1. The summed E-state index contributed by atoms with van der Waals surface area (Å²) in [5.41, 5.74) is 9.00. The highest BCUT2D eigenvalue weighted by Gasteiger charge is 2.26. The number of hydrogen-bond acceptors (Lipinski definition) is 8. The number of carbonyl (C=O) groups excluding carboxylic acids is 4. The Kier molecular flexibility index (Phi) is 13.5. The molecule has 0 saturated heterocycles. The third-order valence-corrected chi connectivity index (χ3v) is 5.33. The van der Waals surface area contributed by atoms with Crippen molar-refractivity contribution in [3.63, 3.8) is 0 Å². The fourth-order valence-electron chi connectivity index (χ4n) is 3.27. The summed E-state index contributed by atoms with van der Waals surface area (Å²) in [6, 6.07) is 5.11. The van der Waals surface area contributed by atoms with E-state index >= 15 is 0 Å². The number of unbranched alkanes of at least 4 members (excludes halogenated alkanes) is 3. The van der Waals surface area contributed by atoms with Gasteiger partial charge in [0.05, 0.1) is 6.42 Å². The Morgan fingerprint density at radius 2 is 1.92 bits per heavy atom. The van der Waals surface area contributed by atoms with Crippen LogP contribution in [0.1, 0.15) is 62.2 Å². The summed E-state index contributed by atoms with van der Waals surface area (Å²) in [4.78, 5) is 56.0. The highest BCUT2D eigenvalue weighted by molar-refractivity contribution is 5.91. The van der Waals surface area contributed by atoms with Crippen LogP contribution in [0, 0.1) is 0 Å². The zero-order valence-corrected chi connectivity index (χ0v) is 21.4. The molecule has 2 N–H and O–H groups in total. The molecule has 13 nitrogen and oxygen atoms in total. The molecule has 0 fully saturated rings. The van der Waals surface area contributed by atoms with Crippen LogP contribution in [0.4, 0.5) is 4.79 Å². The van der Waals surface area contributed by atoms with Gasteiger partial charge in [0.25, 0.3) is 0 Å². The number of aromatic nitrogens is 2. The third-order valence-electron chi connectivity index (χ3n) is 5.33. The molecular weight excluding hydrogens is 494 g/mol. The summed E-state index contributed by atoms with van der Waals surface area (Å²) in [5.74, 6) is -1.50. The third kappa shape index (κ3) is 11.6. The first-order chi connectivity index (χ1) is 18.4. The molecule has 2 aromatic rings. The number of rotatable bonds is 16. The zero-order valence-electron chi connectivity index (χ0n) is 21.4. The minimum Gasteiger partial charge on any atom is -0.445 e. The standard InChI is InChI=1S/C25H33N7O6/c1-2-3-5-12-28-25(36)37-17-19-8-10-20(11-9-19)38-24(35)21(16-23(34)32-15-14-27-18-32)30-22(33)7-4-6-13-29-31-26/h8-11,14-15,18,21H,2-7,12-13,16-17H2,1H3,(H,28,36)(H,30,33). The smallest absolute Gasteiger partial charge is 0.407 e. The number of carbonyl (C=O) groups is 4. The number of esters is 1. The highest BCUT2D eigenvalue weighted by Crippen LogP contribution is 2.15. The molecule has 0 radical (unpaired) electrons. The van der Waals surface area contributed by atoms with Crippen LogP contribution in [0.5, 0.6) is 5.75 Å². The Balaban J connectivity index is 1.92. The molecule has 1 heterocycles. The number of amides is 2. The lowest BCUT2D eigenvalue weighted by molar-refractivity contribution is -0.139. The number of ether oxygens (including phenoxy) is 2. The number of azide groups is 1. The van der Waals surface area contributed by atoms with Crippen LogP contribution < -0.4 is 15.4 Å². The first kappa shape index (κ1) is 29.8. The summed E-state index contributed by atoms with van der Waals surface area (Å²) in [5, 5.41) is 8.65. The second-order valence-electron chi connectivity index (χ2n) is 8.37. The van der Waals surface area contributed by atoms with Crippen LogP contribution in [-0.2, 0) is 20.9 Å². The van der Waals surface area contributed by atoms with Gasteiger partial charge in [0.2, 0.25) is 11.8 Å². The molecule has 13 heteroatoms. The van der Waals surface area contributed by atoms with Crippen LogP contribution in [0.2, 0.25) is 0 Å². The number of alkyl carbamates (subject to hydrolysis) is 1. The van der Waals surface area contributed by atoms with Crippen molar-refractivity contribution in [2.45, 2.75) is 64.5 Å². The van der Waals surface area contributed by atoms with Crippen molar-refractivity contribution in [2.75, 3.05) is 13.1 Å². The number of nitrogens with one attached hydrogen (secondary N) is 2. The van der Waals surface area contributed by atoms with Crippen LogP contribution in [0.15, 0.2) is 48.1 Å². The Bertz CT molecular complexity index is 1080. The van der Waals surface area contributed by atoms with Gasteiger partial charge < -0.3 is 20.1 Å². The van der Waals surface area contributed by atoms with Crippen molar-refractivity contribution in [1.29, 1.82) is 0 Å². The molecule has 0 saturated carbocycles. The van der Waals surface area contributed by atoms with Crippen molar-refractivity contribution in [1.82, 2.24) is 20.2 Å². The first-order valence-electron chi connectivity index (χ1n) is 12.5. The monoisotopic (exact) mass is 527 g/mol. The van der Waals surface area contributed by atoms with Gasteiger partial charge in [-0.1, -0.05) is 37.0 Å². The molecule has 1 atom stereocenters. The highest BCUT2D eigenvalue weighted by atomic mass is 16.5. The van der Waals surface area contributed by atoms with Crippen molar-refractivity contribution >= 4 is 23.9 Å². The molecule has 2 amide bonds. The Labute approximate surface area is 220 Å². The predicted octanol–water partition coefficient (Wildman–Crippen LogP) is 3.90. The van der Waals surface area contributed by atoms with E-state index in [0.29, 0.717) is 24.9 Å². The van der Waals surface area contributed by atoms with Gasteiger partial charge in [-0.25, -0.2) is 14.6 Å². The maximum atomic E-state index is 12.9. The second kappa shape index (κ2) is 17.1. The van der Waals surface area contributed by atoms with Gasteiger partial charge in [-0.2, -0.15) is 0 Å². The maximum absolute atomic E-state index is 12.9. The van der Waals surface area contributed by atoms with Gasteiger partial charge in [-0.15, -0.1) is 0 Å². The van der Waals surface area contributed by atoms with Crippen LogP contribution in [-0.4, -0.2) is 52.6 Å². The van der Waals surface area contributed by atoms with E-state index in [1.54, 1.807) is 12.1 Å². The molecule has 0 aliphatic heterocycles. The second-order valence-corrected chi connectivity index (χ2v) is 8.37. The van der Waals surface area contributed by atoms with Crippen molar-refractivity contribution in [3.8, 4) is 5.75 Å². The van der Waals surface area contributed by atoms with E-state index in [2.05, 4.69) is 32.6 Å². The van der Waals surface area contributed by atoms with Crippen LogP contribution >= 0.6 is 0 Å². The molecular formula is C25H33N7O6. The topological polar surface area (TPSA) is 177 Å². The SMILES string of the molecule is CCCCCNC(=O)OCc1ccc(OC(=O)C(CC(=O)n2ccnc2)NC(=O)CCCCN=[N+]=[N-])cc1. The van der Waals surface area contributed by atoms with Crippen molar-refractivity contribution in [2.24, 2.45) is 5.11 Å². The van der Waals surface area contributed by atoms with Gasteiger partial charge in [-0.3, -0.25) is 14.2 Å². The zero-order chi connectivity index (χ0) is 27.6. The summed E-state index contributed by atoms with van der Waals surface area (Å²) >= 11 is 0. The summed E-state index contributed by atoms with van der Waals surface area (Å²) < 4.78 is 11.8. The molecule has 2 rings (SSSR count). The lowest BCUT2D eigenvalue weighted by Crippen LogP contribution is -2.44. The molecule has 1 aromatic carbocycles. The van der Waals surface area contributed by atoms with E-state index in [4.69, 9.17) is 15.0 Å². The fraction of sp³-hybridized carbons (Fsp3) is 0.480. The summed E-state index contributed by atoms with van der Waals surface area (Å²) in [7, 11) is 0. The average Bonchev–Trinajstić information content (AvgIpc) is 3.45. The maximum Gasteiger partial charge on any atom is 0.407 e. The normalized spacial score (nSPS) is 11.1. The predicted molar refractivity (Wildman–Crippen MR) is 137 cm³/mol. The Hall–Kier alpha value is -4.38. The lowest BCUT2D eigenvalue weighted by atomic mass is 10.1. The molecule has 0 aliphatic rings.